The van der Waals surface area contributed by atoms with E-state index >= 15 is 0 Å². The highest BCUT2D eigenvalue weighted by atomic mass is 16.5. The SMILES string of the molecule is C.C.COCCOCCc1c(C)c2c(OC)cc(O)c(C=O)c2oc1=O.COCCOCCc1c(C)c2c(OC)cc(O)cc2oc1=O. The Hall–Kier alpha value is -4.43. The molecule has 2 N–H and O–H groups in total. The standard InChI is InChI=1S/C17H20O7.C16H20O6.2CH4/c1-10-11(4-5-23-7-6-21-2)17(20)24-16-12(9-18)13(19)8-14(22-3)15(10)16;1-10-12(4-5-21-7-6-19-2)16(18)22-14-9-11(17)8-13(20-3)15(10)14;;/h8-9,19H,4-7H2,1-3H3;8-9,17H,4-7H2,1-3H3;2*1H4. The number of benzene rings is 2. The van der Waals surface area contributed by atoms with Gasteiger partial charge >= 0.3 is 11.3 Å². The molecular formula is C35H48O13. The van der Waals surface area contributed by atoms with Crippen LogP contribution in [0.4, 0.5) is 0 Å². The Morgan fingerprint density at radius 3 is 1.69 bits per heavy atom. The van der Waals surface area contributed by atoms with Gasteiger partial charge in [0.2, 0.25) is 0 Å². The lowest BCUT2D eigenvalue weighted by Crippen LogP contribution is -2.15. The van der Waals surface area contributed by atoms with E-state index < -0.39 is 11.3 Å². The second-order valence-corrected chi connectivity index (χ2v) is 10.1. The number of aryl methyl sites for hydroxylation is 2. The minimum absolute atomic E-state index is 0. The predicted molar refractivity (Wildman–Crippen MR) is 183 cm³/mol. The molecule has 13 heteroatoms. The van der Waals surface area contributed by atoms with Gasteiger partial charge in [-0.2, -0.15) is 0 Å². The molecule has 4 rings (SSSR count). The van der Waals surface area contributed by atoms with Crippen molar-refractivity contribution >= 4 is 28.2 Å². The molecule has 266 valence electrons. The number of phenols is 2. The molecule has 13 nitrogen and oxygen atoms in total. The maximum absolute atomic E-state index is 12.3. The first-order valence-corrected chi connectivity index (χ1v) is 14.4. The number of aromatic hydroxyl groups is 2. The topological polar surface area (TPSA) is 173 Å². The van der Waals surface area contributed by atoms with Gasteiger partial charge in [-0.3, -0.25) is 4.79 Å². The number of ether oxygens (including phenoxy) is 6. The summed E-state index contributed by atoms with van der Waals surface area (Å²) in [7, 11) is 6.13. The van der Waals surface area contributed by atoms with Gasteiger partial charge in [-0.1, -0.05) is 14.9 Å². The summed E-state index contributed by atoms with van der Waals surface area (Å²) in [6.45, 7) is 6.22. The molecule has 0 atom stereocenters. The van der Waals surface area contributed by atoms with Crippen LogP contribution in [0.5, 0.6) is 23.0 Å². The van der Waals surface area contributed by atoms with E-state index in [4.69, 9.17) is 37.3 Å². The summed E-state index contributed by atoms with van der Waals surface area (Å²) in [4.78, 5) is 35.6. The monoisotopic (exact) mass is 676 g/mol. The van der Waals surface area contributed by atoms with Crippen molar-refractivity contribution in [2.24, 2.45) is 0 Å². The van der Waals surface area contributed by atoms with Crippen molar-refractivity contribution in [1.82, 2.24) is 0 Å². The molecule has 0 fully saturated rings. The first-order chi connectivity index (χ1) is 22.1. The molecule has 0 bridgehead atoms. The van der Waals surface area contributed by atoms with Gasteiger partial charge < -0.3 is 47.5 Å². The number of fused-ring (bicyclic) bond motifs is 2. The maximum atomic E-state index is 12.3. The Kier molecular flexibility index (Phi) is 17.4. The van der Waals surface area contributed by atoms with E-state index in [0.29, 0.717) is 103 Å². The zero-order chi connectivity index (χ0) is 33.8. The highest BCUT2D eigenvalue weighted by Crippen LogP contribution is 2.36. The predicted octanol–water partition coefficient (Wildman–Crippen LogP) is 5.13. The zero-order valence-electron chi connectivity index (χ0n) is 26.9. The molecule has 0 aliphatic rings. The van der Waals surface area contributed by atoms with Crippen LogP contribution in [0, 0.1) is 13.8 Å². The van der Waals surface area contributed by atoms with Gasteiger partial charge in [0.1, 0.15) is 28.6 Å². The molecule has 0 aliphatic heterocycles. The zero-order valence-corrected chi connectivity index (χ0v) is 26.9. The van der Waals surface area contributed by atoms with Crippen molar-refractivity contribution < 1.29 is 52.3 Å². The van der Waals surface area contributed by atoms with Crippen LogP contribution in [0.25, 0.3) is 21.9 Å². The van der Waals surface area contributed by atoms with E-state index in [1.165, 1.54) is 32.4 Å². The van der Waals surface area contributed by atoms with E-state index in [1.807, 2.05) is 6.92 Å². The Morgan fingerprint density at radius 2 is 1.19 bits per heavy atom. The van der Waals surface area contributed by atoms with Crippen LogP contribution < -0.4 is 20.7 Å². The lowest BCUT2D eigenvalue weighted by molar-refractivity contribution is 0.0720. The molecule has 0 amide bonds. The maximum Gasteiger partial charge on any atom is 0.339 e. The fourth-order valence-electron chi connectivity index (χ4n) is 4.90. The number of methoxy groups -OCH3 is 4. The molecule has 2 aromatic carbocycles. The first-order valence-electron chi connectivity index (χ1n) is 14.4. The second kappa shape index (κ2) is 20.1. The van der Waals surface area contributed by atoms with Crippen LogP contribution >= 0.6 is 0 Å². The van der Waals surface area contributed by atoms with Crippen molar-refractivity contribution in [2.45, 2.75) is 41.5 Å². The number of aldehydes is 1. The second-order valence-electron chi connectivity index (χ2n) is 10.1. The normalized spacial score (nSPS) is 10.5. The van der Waals surface area contributed by atoms with Gasteiger partial charge in [0.15, 0.2) is 11.9 Å². The van der Waals surface area contributed by atoms with Crippen molar-refractivity contribution in [3.63, 3.8) is 0 Å². The minimum atomic E-state index is -0.564. The Morgan fingerprint density at radius 1 is 0.688 bits per heavy atom. The summed E-state index contributed by atoms with van der Waals surface area (Å²) in [5.41, 5.74) is 1.68. The van der Waals surface area contributed by atoms with Gasteiger partial charge in [-0.15, -0.1) is 0 Å². The lowest BCUT2D eigenvalue weighted by Gasteiger charge is -2.13. The number of carbonyl (C=O) groups is 1. The van der Waals surface area contributed by atoms with E-state index in [2.05, 4.69) is 0 Å². The number of hydrogen-bond acceptors (Lipinski definition) is 13. The molecule has 0 radical (unpaired) electrons. The van der Waals surface area contributed by atoms with Crippen LogP contribution in [-0.2, 0) is 31.8 Å². The smallest absolute Gasteiger partial charge is 0.339 e. The van der Waals surface area contributed by atoms with Gasteiger partial charge in [-0.25, -0.2) is 9.59 Å². The molecule has 48 heavy (non-hydrogen) atoms. The third-order valence-electron chi connectivity index (χ3n) is 7.27. The fraction of sp³-hybridized carbons (Fsp3) is 0.457. The molecule has 0 spiro atoms. The Labute approximate surface area is 279 Å². The molecular weight excluding hydrogens is 628 g/mol. The van der Waals surface area contributed by atoms with E-state index in [9.17, 15) is 24.6 Å². The Balaban J connectivity index is 0.000000462. The molecule has 0 unspecified atom stereocenters. The van der Waals surface area contributed by atoms with Crippen molar-refractivity contribution in [1.29, 1.82) is 0 Å². The quantitative estimate of drug-likeness (QED) is 0.0965. The Bertz CT molecular complexity index is 1750. The number of carbonyl (C=O) groups excluding carboxylic acids is 1. The highest BCUT2D eigenvalue weighted by molar-refractivity contribution is 6.01. The van der Waals surface area contributed by atoms with Gasteiger partial charge in [-0.05, 0) is 25.0 Å². The van der Waals surface area contributed by atoms with Crippen molar-refractivity contribution in [2.75, 3.05) is 68.1 Å². The summed E-state index contributed by atoms with van der Waals surface area (Å²) in [5.74, 6) is 0.490. The van der Waals surface area contributed by atoms with Gasteiger partial charge in [0, 0.05) is 56.4 Å². The number of hydrogen-bond donors (Lipinski definition) is 2. The summed E-state index contributed by atoms with van der Waals surface area (Å²) < 4.78 is 41.7. The van der Waals surface area contributed by atoms with Crippen LogP contribution in [0.15, 0.2) is 36.6 Å². The first kappa shape index (κ1) is 41.6. The van der Waals surface area contributed by atoms with Crippen molar-refractivity contribution in [3.05, 3.63) is 66.9 Å². The highest BCUT2D eigenvalue weighted by Gasteiger charge is 2.21. The molecule has 0 aliphatic carbocycles. The van der Waals surface area contributed by atoms with E-state index in [0.717, 1.165) is 5.56 Å². The minimum Gasteiger partial charge on any atom is -0.508 e. The van der Waals surface area contributed by atoms with Crippen LogP contribution in [0.1, 0.15) is 47.5 Å². The largest absolute Gasteiger partial charge is 0.508 e. The van der Waals surface area contributed by atoms with E-state index in [-0.39, 0.29) is 37.5 Å². The average molecular weight is 677 g/mol. The van der Waals surface area contributed by atoms with Gasteiger partial charge in [0.25, 0.3) is 0 Å². The summed E-state index contributed by atoms with van der Waals surface area (Å²) >= 11 is 0. The number of phenolic OH excluding ortho intramolecular Hbond substituents is 2. The van der Waals surface area contributed by atoms with E-state index in [1.54, 1.807) is 21.1 Å². The summed E-state index contributed by atoms with van der Waals surface area (Å²) in [6.07, 6.45) is 1.25. The molecule has 2 aromatic heterocycles. The summed E-state index contributed by atoms with van der Waals surface area (Å²) in [5, 5.41) is 20.7. The molecule has 0 saturated carbocycles. The molecule has 2 heterocycles. The fourth-order valence-corrected chi connectivity index (χ4v) is 4.90. The van der Waals surface area contributed by atoms with Gasteiger partial charge in [0.05, 0.1) is 70.2 Å². The van der Waals surface area contributed by atoms with Crippen molar-refractivity contribution in [3.8, 4) is 23.0 Å². The molecule has 4 aromatic rings. The third kappa shape index (κ3) is 9.80. The van der Waals surface area contributed by atoms with Crippen LogP contribution in [0.3, 0.4) is 0 Å². The van der Waals surface area contributed by atoms with Crippen LogP contribution in [-0.4, -0.2) is 84.6 Å². The average Bonchev–Trinajstić information content (AvgIpc) is 3.02. The summed E-state index contributed by atoms with van der Waals surface area (Å²) in [6, 6.07) is 4.23. The lowest BCUT2D eigenvalue weighted by atomic mass is 10.0. The van der Waals surface area contributed by atoms with Crippen LogP contribution in [0.2, 0.25) is 0 Å². The molecule has 0 saturated heterocycles. The third-order valence-corrected chi connectivity index (χ3v) is 7.27. The number of rotatable bonds is 15.